The van der Waals surface area contributed by atoms with Crippen LogP contribution in [0.3, 0.4) is 0 Å². The molecule has 13 aromatic rings. The first kappa shape index (κ1) is 43.8. The molecule has 0 atom stereocenters. The van der Waals surface area contributed by atoms with E-state index >= 15 is 0 Å². The first-order chi connectivity index (χ1) is 36.6. The van der Waals surface area contributed by atoms with E-state index in [1.54, 1.807) is 0 Å². The van der Waals surface area contributed by atoms with Gasteiger partial charge < -0.3 is 0 Å². The normalized spacial score (nSPS) is 11.2. The van der Waals surface area contributed by atoms with Gasteiger partial charge in [-0.2, -0.15) is 0 Å². The minimum atomic E-state index is 0.627. The molecule has 0 amide bonds. The molecule has 0 bridgehead atoms. The Kier molecular flexibility index (Phi) is 11.4. The molecule has 8 heteroatoms. The molecule has 0 saturated carbocycles. The second-order valence-corrected chi connectivity index (χ2v) is 17.9. The van der Waals surface area contributed by atoms with Crippen molar-refractivity contribution in [1.82, 2.24) is 39.9 Å². The summed E-state index contributed by atoms with van der Waals surface area (Å²) in [7, 11) is 0. The molecule has 0 aliphatic heterocycles. The Morgan fingerprint density at radius 3 is 0.757 bits per heavy atom. The molecule has 0 radical (unpaired) electrons. The standard InChI is InChI=1S/C66H42N8/c1-5-17-49(18-6-1)63-69-57(41-59(71-63)61-53-25-13-15-27-55(53)67-65(73-61)51-21-9-3-10-22-51)47-37-33-45(34-38-47)43-29-31-44(32-30-43)46-35-39-48(40-36-46)58-42-60(72-64(70-58)50-19-7-2-8-20-50)62-54-26-14-16-28-56(54)68-66(74-62)52-23-11-4-12-24-52/h1-42H. The van der Waals surface area contributed by atoms with E-state index in [1.807, 2.05) is 170 Å². The van der Waals surface area contributed by atoms with Gasteiger partial charge in [0.25, 0.3) is 0 Å². The first-order valence-corrected chi connectivity index (χ1v) is 24.5. The molecular formula is C66H42N8. The highest BCUT2D eigenvalue weighted by Crippen LogP contribution is 2.36. The number of fused-ring (bicyclic) bond motifs is 2. The lowest BCUT2D eigenvalue weighted by Gasteiger charge is -2.13. The van der Waals surface area contributed by atoms with Gasteiger partial charge in [-0.3, -0.25) is 0 Å². The Morgan fingerprint density at radius 2 is 0.432 bits per heavy atom. The smallest absolute Gasteiger partial charge is 0.160 e. The molecule has 346 valence electrons. The summed E-state index contributed by atoms with van der Waals surface area (Å²) in [5.74, 6) is 2.55. The van der Waals surface area contributed by atoms with Crippen molar-refractivity contribution in [2.24, 2.45) is 0 Å². The summed E-state index contributed by atoms with van der Waals surface area (Å²) in [5, 5.41) is 1.85. The minimum Gasteiger partial charge on any atom is -0.228 e. The molecule has 74 heavy (non-hydrogen) atoms. The Bertz CT molecular complexity index is 3860. The summed E-state index contributed by atoms with van der Waals surface area (Å²) in [5.41, 5.74) is 16.4. The predicted molar refractivity (Wildman–Crippen MR) is 298 cm³/mol. The van der Waals surface area contributed by atoms with Crippen molar-refractivity contribution in [3.8, 4) is 113 Å². The SMILES string of the molecule is c1ccc(-c2nc(-c3ccc(-c4ccc(-c5ccc(-c6cc(-c7nc(-c8ccccc8)nc8ccccc78)nc(-c7ccccc7)n6)cc5)cc4)cc3)cc(-c3nc(-c4ccccc4)nc4ccccc34)n2)cc1. The van der Waals surface area contributed by atoms with E-state index in [4.69, 9.17) is 39.9 Å². The average Bonchev–Trinajstić information content (AvgIpc) is 3.50. The van der Waals surface area contributed by atoms with Gasteiger partial charge >= 0.3 is 0 Å². The molecule has 0 N–H and O–H groups in total. The topological polar surface area (TPSA) is 103 Å². The van der Waals surface area contributed by atoms with Crippen molar-refractivity contribution < 1.29 is 0 Å². The van der Waals surface area contributed by atoms with Crippen molar-refractivity contribution in [2.45, 2.75) is 0 Å². The van der Waals surface area contributed by atoms with Crippen LogP contribution >= 0.6 is 0 Å². The molecule has 0 aliphatic carbocycles. The molecule has 0 fully saturated rings. The van der Waals surface area contributed by atoms with Gasteiger partial charge in [0, 0.05) is 44.2 Å². The highest BCUT2D eigenvalue weighted by molar-refractivity contribution is 5.95. The van der Waals surface area contributed by atoms with Crippen LogP contribution in [0, 0.1) is 0 Å². The van der Waals surface area contributed by atoms with Crippen LogP contribution in [0.15, 0.2) is 255 Å². The summed E-state index contributed by atoms with van der Waals surface area (Å²) in [4.78, 5) is 40.7. The van der Waals surface area contributed by atoms with E-state index in [0.717, 1.165) is 112 Å². The molecular weight excluding hydrogens is 905 g/mol. The van der Waals surface area contributed by atoms with Gasteiger partial charge in [0.2, 0.25) is 0 Å². The van der Waals surface area contributed by atoms with Crippen LogP contribution in [-0.2, 0) is 0 Å². The molecule has 0 unspecified atom stereocenters. The maximum atomic E-state index is 5.15. The fourth-order valence-corrected chi connectivity index (χ4v) is 9.36. The third-order valence-corrected chi connectivity index (χ3v) is 13.2. The lowest BCUT2D eigenvalue weighted by atomic mass is 9.98. The average molecular weight is 947 g/mol. The lowest BCUT2D eigenvalue weighted by molar-refractivity contribution is 1.15. The van der Waals surface area contributed by atoms with Crippen molar-refractivity contribution in [3.63, 3.8) is 0 Å². The van der Waals surface area contributed by atoms with Gasteiger partial charge in [0.1, 0.15) is 11.4 Å². The molecule has 0 aliphatic rings. The fourth-order valence-electron chi connectivity index (χ4n) is 9.36. The molecule has 9 aromatic carbocycles. The van der Waals surface area contributed by atoms with E-state index in [0.29, 0.717) is 23.3 Å². The monoisotopic (exact) mass is 946 g/mol. The van der Waals surface area contributed by atoms with Gasteiger partial charge in [0.05, 0.1) is 33.8 Å². The fraction of sp³-hybridized carbons (Fsp3) is 0. The largest absolute Gasteiger partial charge is 0.228 e. The van der Waals surface area contributed by atoms with Crippen LogP contribution < -0.4 is 0 Å². The Morgan fingerprint density at radius 1 is 0.176 bits per heavy atom. The molecule has 13 rings (SSSR count). The summed E-state index contributed by atoms with van der Waals surface area (Å²) >= 11 is 0. The molecule has 4 heterocycles. The zero-order chi connectivity index (χ0) is 49.2. The quantitative estimate of drug-likeness (QED) is 0.134. The Hall–Kier alpha value is -10.2. The van der Waals surface area contributed by atoms with Crippen molar-refractivity contribution in [2.75, 3.05) is 0 Å². The van der Waals surface area contributed by atoms with Crippen LogP contribution in [0.5, 0.6) is 0 Å². The molecule has 8 nitrogen and oxygen atoms in total. The molecule has 4 aromatic heterocycles. The van der Waals surface area contributed by atoms with Crippen molar-refractivity contribution >= 4 is 21.8 Å². The van der Waals surface area contributed by atoms with Crippen LogP contribution in [-0.4, -0.2) is 39.9 Å². The number of benzene rings is 9. The summed E-state index contributed by atoms with van der Waals surface area (Å²) in [6.45, 7) is 0. The number of aromatic nitrogens is 8. The highest BCUT2D eigenvalue weighted by Gasteiger charge is 2.19. The lowest BCUT2D eigenvalue weighted by Crippen LogP contribution is -2.00. The summed E-state index contributed by atoms with van der Waals surface area (Å²) in [6, 6.07) is 86.5. The maximum Gasteiger partial charge on any atom is 0.160 e. The van der Waals surface area contributed by atoms with Crippen LogP contribution in [0.2, 0.25) is 0 Å². The maximum absolute atomic E-state index is 5.15. The van der Waals surface area contributed by atoms with Gasteiger partial charge in [-0.15, -0.1) is 0 Å². The summed E-state index contributed by atoms with van der Waals surface area (Å²) in [6.07, 6.45) is 0. The van der Waals surface area contributed by atoms with Gasteiger partial charge in [-0.05, 0) is 46.5 Å². The predicted octanol–water partition coefficient (Wildman–Crippen LogP) is 15.8. The van der Waals surface area contributed by atoms with Gasteiger partial charge in [-0.1, -0.05) is 231 Å². The molecule has 0 saturated heterocycles. The zero-order valence-corrected chi connectivity index (χ0v) is 39.8. The second kappa shape index (κ2) is 19.2. The minimum absolute atomic E-state index is 0.627. The van der Waals surface area contributed by atoms with E-state index in [9.17, 15) is 0 Å². The second-order valence-electron chi connectivity index (χ2n) is 17.9. The summed E-state index contributed by atoms with van der Waals surface area (Å²) < 4.78 is 0. The highest BCUT2D eigenvalue weighted by atomic mass is 15.0. The van der Waals surface area contributed by atoms with Crippen molar-refractivity contribution in [1.29, 1.82) is 0 Å². The first-order valence-electron chi connectivity index (χ1n) is 24.5. The van der Waals surface area contributed by atoms with Gasteiger partial charge in [-0.25, -0.2) is 39.9 Å². The van der Waals surface area contributed by atoms with Crippen LogP contribution in [0.4, 0.5) is 0 Å². The van der Waals surface area contributed by atoms with E-state index in [1.165, 1.54) is 0 Å². The Labute approximate surface area is 427 Å². The van der Waals surface area contributed by atoms with E-state index in [2.05, 4.69) is 84.9 Å². The van der Waals surface area contributed by atoms with Gasteiger partial charge in [0.15, 0.2) is 23.3 Å². The molecule has 0 spiro atoms. The van der Waals surface area contributed by atoms with Crippen LogP contribution in [0.1, 0.15) is 0 Å². The van der Waals surface area contributed by atoms with Crippen molar-refractivity contribution in [3.05, 3.63) is 255 Å². The zero-order valence-electron chi connectivity index (χ0n) is 39.8. The third kappa shape index (κ3) is 8.73. The third-order valence-electron chi connectivity index (χ3n) is 13.2. The number of hydrogen-bond acceptors (Lipinski definition) is 8. The van der Waals surface area contributed by atoms with E-state index in [-0.39, 0.29) is 0 Å². The number of nitrogens with zero attached hydrogens (tertiary/aromatic N) is 8. The number of para-hydroxylation sites is 2. The van der Waals surface area contributed by atoms with Crippen LogP contribution in [0.25, 0.3) is 135 Å². The van der Waals surface area contributed by atoms with E-state index < -0.39 is 0 Å². The number of rotatable bonds is 10. The number of hydrogen-bond donors (Lipinski definition) is 0. The Balaban J connectivity index is 0.805.